The molecule has 7 fully saturated rings. The van der Waals surface area contributed by atoms with E-state index >= 15 is 0 Å². The van der Waals surface area contributed by atoms with Gasteiger partial charge in [-0.15, -0.1) is 0 Å². The zero-order valence-electron chi connectivity index (χ0n) is 22.4. The van der Waals surface area contributed by atoms with E-state index in [4.69, 9.17) is 49.9 Å². The molecular weight excluding hydrogens is 518 g/mol. The number of halogens is 2. The van der Waals surface area contributed by atoms with Gasteiger partial charge in [0.05, 0.1) is 17.1 Å². The Morgan fingerprint density at radius 1 is 1.15 bits per heavy atom. The van der Waals surface area contributed by atoms with Crippen LogP contribution in [0.2, 0.25) is 0 Å². The van der Waals surface area contributed by atoms with Gasteiger partial charge in [0.25, 0.3) is 0 Å². The number of esters is 3. The van der Waals surface area contributed by atoms with Gasteiger partial charge in [-0.3, -0.25) is 4.79 Å². The predicted octanol–water partition coefficient (Wildman–Crippen LogP) is -0.765. The van der Waals surface area contributed by atoms with Gasteiger partial charge >= 0.3 is 23.8 Å². The molecule has 1 saturated heterocycles. The average Bonchev–Trinajstić information content (AvgIpc) is 3.45. The molecule has 8 nitrogen and oxygen atoms in total. The van der Waals surface area contributed by atoms with Gasteiger partial charge in [0, 0.05) is 88.8 Å². The summed E-state index contributed by atoms with van der Waals surface area (Å²) in [7, 11) is 21.6. The van der Waals surface area contributed by atoms with Crippen molar-refractivity contribution in [3.05, 3.63) is 0 Å². The molecule has 0 aromatic rings. The zero-order valence-corrected chi connectivity index (χ0v) is 22.4. The van der Waals surface area contributed by atoms with Crippen LogP contribution >= 0.6 is 0 Å². The van der Waals surface area contributed by atoms with Crippen molar-refractivity contribution in [2.24, 2.45) is 23.7 Å². The number of carbonyl (C=O) groups is 3. The molecule has 7 rings (SSSR count). The Bertz CT molecular complexity index is 1050. The molecule has 6 bridgehead atoms. The molecule has 1 aliphatic heterocycles. The minimum absolute atomic E-state index is 0.0547. The Morgan fingerprint density at radius 2 is 1.82 bits per heavy atom. The molecule has 0 aromatic heterocycles. The normalized spacial score (nSPS) is 41.5. The molecule has 9 atom stereocenters. The maximum Gasteiger partial charge on any atom is 0.377 e. The number of alkyl halides is 2. The Hall–Kier alpha value is -1.36. The third-order valence-corrected chi connectivity index (χ3v) is 9.45. The lowest BCUT2D eigenvalue weighted by Gasteiger charge is -2.63. The largest absolute Gasteiger partial charge is 0.458 e. The van der Waals surface area contributed by atoms with E-state index in [1.165, 1.54) is 7.06 Å². The SMILES string of the molecule is CC(F)(F)C(=O)OC12CC3CC(O)(CC(OCC(=O)OC4C5CC6C(=O)OC4C6C5)(C3)C1)C2.[B][B]B([B])B([B])[B]. The number of hydrogen-bond donors (Lipinski definition) is 1. The average molecular weight is 546 g/mol. The van der Waals surface area contributed by atoms with Crippen LogP contribution in [-0.4, -0.2) is 115 Å². The van der Waals surface area contributed by atoms with Crippen molar-refractivity contribution in [2.45, 2.75) is 93.2 Å². The third kappa shape index (κ3) is 5.67. The standard InChI is InChI=1S/C23H28F2O8.B7/c1-20(24,25)19(28)33-23-6-11-4-21(29,9-23)8-22(5-11,10-23)30-7-15(26)31-16-12-2-13-14(3-12)18(27)32-17(13)16;1-5-7(4)6(2)3/h11-14,16-17,29H,2-10H2,1H3;. The first-order chi connectivity index (χ1) is 18.6. The smallest absolute Gasteiger partial charge is 0.377 e. The van der Waals surface area contributed by atoms with E-state index < -0.39 is 47.2 Å². The van der Waals surface area contributed by atoms with E-state index in [0.29, 0.717) is 32.6 Å². The molecule has 40 heavy (non-hydrogen) atoms. The molecule has 203 valence electrons. The summed E-state index contributed by atoms with van der Waals surface area (Å²) in [5.41, 5.74) is -3.37. The van der Waals surface area contributed by atoms with Crippen molar-refractivity contribution in [1.82, 2.24) is 0 Å². The predicted molar refractivity (Wildman–Crippen MR) is 144 cm³/mol. The van der Waals surface area contributed by atoms with Crippen LogP contribution in [0.5, 0.6) is 0 Å². The lowest BCUT2D eigenvalue weighted by Crippen LogP contribution is -2.68. The zero-order chi connectivity index (χ0) is 29.3. The fraction of sp³-hybridized carbons (Fsp3) is 0.870. The Labute approximate surface area is 239 Å². The molecule has 9 radical (unpaired) electrons. The van der Waals surface area contributed by atoms with Gasteiger partial charge in [-0.05, 0) is 38.0 Å². The number of hydrogen-bond acceptors (Lipinski definition) is 8. The highest BCUT2D eigenvalue weighted by molar-refractivity contribution is 7.81. The van der Waals surface area contributed by atoms with Crippen molar-refractivity contribution >= 4 is 68.7 Å². The summed E-state index contributed by atoms with van der Waals surface area (Å²) in [6, 6.07) is 0. The monoisotopic (exact) mass is 547 g/mol. The minimum atomic E-state index is -3.63. The molecular formula is C23H28B7F2O8. The first-order valence-electron chi connectivity index (χ1n) is 13.8. The number of ether oxygens (including phenoxy) is 4. The van der Waals surface area contributed by atoms with Gasteiger partial charge in [-0.2, -0.15) is 8.78 Å². The van der Waals surface area contributed by atoms with Crippen LogP contribution in [0.15, 0.2) is 0 Å². The van der Waals surface area contributed by atoms with E-state index in [9.17, 15) is 28.3 Å². The van der Waals surface area contributed by atoms with Crippen LogP contribution in [0.1, 0.15) is 58.3 Å². The molecule has 1 heterocycles. The number of fused-ring (bicyclic) bond motifs is 1. The Balaban J connectivity index is 0.000000411. The fourth-order valence-electron chi connectivity index (χ4n) is 8.36. The molecule has 17 heteroatoms. The first kappa shape index (κ1) is 30.1. The third-order valence-electron chi connectivity index (χ3n) is 9.45. The second kappa shape index (κ2) is 10.4. The number of rotatable bonds is 8. The van der Waals surface area contributed by atoms with Crippen molar-refractivity contribution < 1.29 is 47.2 Å². The Kier molecular flexibility index (Phi) is 7.85. The van der Waals surface area contributed by atoms with E-state index in [1.54, 1.807) is 0 Å². The highest BCUT2D eigenvalue weighted by Gasteiger charge is 2.67. The molecule has 9 unspecified atom stereocenters. The highest BCUT2D eigenvalue weighted by atomic mass is 19.3. The van der Waals surface area contributed by atoms with E-state index in [-0.39, 0.29) is 68.0 Å². The number of carbonyl (C=O) groups excluding carboxylic acids is 3. The van der Waals surface area contributed by atoms with E-state index in [1.807, 2.05) is 0 Å². The van der Waals surface area contributed by atoms with Gasteiger partial charge in [-0.1, -0.05) is 0 Å². The van der Waals surface area contributed by atoms with Crippen molar-refractivity contribution in [1.29, 1.82) is 0 Å². The van der Waals surface area contributed by atoms with Crippen LogP contribution in [-0.2, 0) is 33.3 Å². The molecule has 0 amide bonds. The van der Waals surface area contributed by atoms with Crippen molar-refractivity contribution in [3.63, 3.8) is 0 Å². The second-order valence-electron chi connectivity index (χ2n) is 12.9. The maximum absolute atomic E-state index is 13.5. The lowest BCUT2D eigenvalue weighted by atomic mass is 8.76. The van der Waals surface area contributed by atoms with Crippen LogP contribution in [0.4, 0.5) is 8.78 Å². The quantitative estimate of drug-likeness (QED) is 0.241. The van der Waals surface area contributed by atoms with Gasteiger partial charge in [0.15, 0.2) is 0 Å². The lowest BCUT2D eigenvalue weighted by molar-refractivity contribution is -0.279. The van der Waals surface area contributed by atoms with Gasteiger partial charge in [0.2, 0.25) is 0 Å². The fourth-order valence-corrected chi connectivity index (χ4v) is 8.36. The molecule has 0 aromatic carbocycles. The molecule has 6 aliphatic carbocycles. The minimum Gasteiger partial charge on any atom is -0.458 e. The summed E-state index contributed by atoms with van der Waals surface area (Å²) in [5.74, 6) is -5.93. The second-order valence-corrected chi connectivity index (χ2v) is 12.9. The topological polar surface area (TPSA) is 108 Å². The van der Waals surface area contributed by atoms with Crippen molar-refractivity contribution in [2.75, 3.05) is 6.61 Å². The summed E-state index contributed by atoms with van der Waals surface area (Å²) in [5, 5.41) is 11.1. The van der Waals surface area contributed by atoms with E-state index in [2.05, 4.69) is 0 Å². The Morgan fingerprint density at radius 3 is 2.42 bits per heavy atom. The molecule has 0 spiro atoms. The summed E-state index contributed by atoms with van der Waals surface area (Å²) in [4.78, 5) is 36.5. The summed E-state index contributed by atoms with van der Waals surface area (Å²) in [6.07, 6.45) is 1.65. The molecule has 7 aliphatic rings. The highest BCUT2D eigenvalue weighted by Crippen LogP contribution is 2.62. The molecule has 6 saturated carbocycles. The van der Waals surface area contributed by atoms with Crippen LogP contribution in [0, 0.1) is 23.7 Å². The van der Waals surface area contributed by atoms with Crippen LogP contribution < -0.4 is 0 Å². The van der Waals surface area contributed by atoms with Gasteiger partial charge in [0.1, 0.15) is 24.4 Å². The maximum atomic E-state index is 13.5. The summed E-state index contributed by atoms with van der Waals surface area (Å²) in [6.45, 7) is 0.126. The van der Waals surface area contributed by atoms with Gasteiger partial charge in [-0.25, -0.2) is 9.59 Å². The van der Waals surface area contributed by atoms with Crippen molar-refractivity contribution in [3.8, 4) is 0 Å². The first-order valence-corrected chi connectivity index (χ1v) is 13.8. The summed E-state index contributed by atoms with van der Waals surface area (Å²) >= 11 is 0. The molecule has 1 N–H and O–H groups in total. The number of aliphatic hydroxyl groups is 1. The van der Waals surface area contributed by atoms with Gasteiger partial charge < -0.3 is 24.1 Å². The van der Waals surface area contributed by atoms with E-state index in [0.717, 1.165) is 6.42 Å². The van der Waals surface area contributed by atoms with Crippen LogP contribution in [0.3, 0.4) is 0 Å². The van der Waals surface area contributed by atoms with Crippen LogP contribution in [0.25, 0.3) is 0 Å². The summed E-state index contributed by atoms with van der Waals surface area (Å²) < 4.78 is 49.5.